The van der Waals surface area contributed by atoms with Gasteiger partial charge in [-0.3, -0.25) is 4.79 Å². The van der Waals surface area contributed by atoms with Crippen molar-refractivity contribution >= 4 is 17.5 Å². The highest BCUT2D eigenvalue weighted by Gasteiger charge is 2.07. The summed E-state index contributed by atoms with van der Waals surface area (Å²) in [4.78, 5) is 12.0. The Labute approximate surface area is 159 Å². The largest absolute Gasteiger partial charge is 0.493 e. The molecule has 0 radical (unpaired) electrons. The second-order valence-electron chi connectivity index (χ2n) is 5.80. The lowest BCUT2D eigenvalue weighted by Crippen LogP contribution is -2.28. The lowest BCUT2D eigenvalue weighted by Gasteiger charge is -2.10. The van der Waals surface area contributed by atoms with Gasteiger partial charge < -0.3 is 19.5 Å². The molecule has 2 aromatic rings. The molecule has 0 atom stereocenters. The average Bonchev–Trinajstić information content (AvgIpc) is 2.66. The van der Waals surface area contributed by atoms with Gasteiger partial charge in [-0.2, -0.15) is 0 Å². The molecule has 2 rings (SSSR count). The van der Waals surface area contributed by atoms with Crippen molar-refractivity contribution in [2.45, 2.75) is 19.8 Å². The number of benzene rings is 2. The molecule has 0 unspecified atom stereocenters. The number of carbonyl (C=O) groups excluding carboxylic acids is 1. The van der Waals surface area contributed by atoms with E-state index in [1.54, 1.807) is 20.3 Å². The summed E-state index contributed by atoms with van der Waals surface area (Å²) in [6.45, 7) is 2.78. The van der Waals surface area contributed by atoms with E-state index in [2.05, 4.69) is 5.32 Å². The minimum atomic E-state index is -0.0179. The van der Waals surface area contributed by atoms with Crippen LogP contribution in [0.1, 0.15) is 17.5 Å². The van der Waals surface area contributed by atoms with Crippen LogP contribution in [0.15, 0.2) is 36.4 Å². The van der Waals surface area contributed by atoms with Gasteiger partial charge in [0, 0.05) is 11.4 Å². The second-order valence-corrected chi connectivity index (χ2v) is 6.21. The molecule has 0 aromatic heterocycles. The number of methoxy groups -OCH3 is 2. The molecule has 6 heteroatoms. The first-order valence-corrected chi connectivity index (χ1v) is 8.78. The Morgan fingerprint density at radius 3 is 2.54 bits per heavy atom. The minimum Gasteiger partial charge on any atom is -0.493 e. The van der Waals surface area contributed by atoms with E-state index in [4.69, 9.17) is 25.8 Å². The molecule has 5 nitrogen and oxygen atoms in total. The molecule has 0 bridgehead atoms. The number of carbonyl (C=O) groups is 1. The fourth-order valence-corrected chi connectivity index (χ4v) is 2.57. The molecule has 0 aliphatic rings. The van der Waals surface area contributed by atoms with Crippen LogP contribution in [-0.2, 0) is 11.2 Å². The van der Waals surface area contributed by atoms with Crippen molar-refractivity contribution in [2.24, 2.45) is 0 Å². The number of halogens is 1. The first kappa shape index (κ1) is 19.9. The molecule has 0 heterocycles. The van der Waals surface area contributed by atoms with Crippen LogP contribution >= 0.6 is 11.6 Å². The third-order valence-electron chi connectivity index (χ3n) is 3.91. The highest BCUT2D eigenvalue weighted by molar-refractivity contribution is 6.31. The van der Waals surface area contributed by atoms with Crippen LogP contribution in [-0.4, -0.2) is 33.3 Å². The van der Waals surface area contributed by atoms with Gasteiger partial charge in [0.2, 0.25) is 5.91 Å². The highest BCUT2D eigenvalue weighted by Crippen LogP contribution is 2.28. The van der Waals surface area contributed by atoms with Crippen LogP contribution in [0, 0.1) is 6.92 Å². The SMILES string of the molecule is COc1ccc(CCC(=O)NCCOc2ccc(Cl)c(C)c2)cc1OC. The van der Waals surface area contributed by atoms with Gasteiger partial charge in [0.15, 0.2) is 11.5 Å². The van der Waals surface area contributed by atoms with E-state index in [0.717, 1.165) is 16.9 Å². The van der Waals surface area contributed by atoms with Crippen LogP contribution in [0.25, 0.3) is 0 Å². The minimum absolute atomic E-state index is 0.0179. The molecule has 2 aromatic carbocycles. The van der Waals surface area contributed by atoms with Crippen LogP contribution in [0.2, 0.25) is 5.02 Å². The van der Waals surface area contributed by atoms with Crippen molar-refractivity contribution in [2.75, 3.05) is 27.4 Å². The van der Waals surface area contributed by atoms with Crippen molar-refractivity contribution in [3.63, 3.8) is 0 Å². The highest BCUT2D eigenvalue weighted by atomic mass is 35.5. The maximum Gasteiger partial charge on any atom is 0.220 e. The average molecular weight is 378 g/mol. The summed E-state index contributed by atoms with van der Waals surface area (Å²) in [5.74, 6) is 2.06. The van der Waals surface area contributed by atoms with Crippen molar-refractivity contribution in [3.05, 3.63) is 52.5 Å². The summed E-state index contributed by atoms with van der Waals surface area (Å²) in [6, 6.07) is 11.1. The standard InChI is InChI=1S/C20H24ClNO4/c1-14-12-16(6-7-17(14)21)26-11-10-22-20(23)9-5-15-4-8-18(24-2)19(13-15)25-3/h4,6-8,12-13H,5,9-11H2,1-3H3,(H,22,23). The molecule has 0 aliphatic heterocycles. The quantitative estimate of drug-likeness (QED) is 0.675. The normalized spacial score (nSPS) is 10.3. The predicted molar refractivity (Wildman–Crippen MR) is 103 cm³/mol. The zero-order valence-corrected chi connectivity index (χ0v) is 16.1. The summed E-state index contributed by atoms with van der Waals surface area (Å²) in [7, 11) is 3.19. The first-order chi connectivity index (χ1) is 12.5. The summed E-state index contributed by atoms with van der Waals surface area (Å²) in [5.41, 5.74) is 1.98. The van der Waals surface area contributed by atoms with E-state index in [-0.39, 0.29) is 5.91 Å². The van der Waals surface area contributed by atoms with Gasteiger partial charge in [0.05, 0.1) is 20.8 Å². The molecule has 26 heavy (non-hydrogen) atoms. The molecule has 0 saturated carbocycles. The van der Waals surface area contributed by atoms with E-state index in [1.165, 1.54) is 0 Å². The third-order valence-corrected chi connectivity index (χ3v) is 4.34. The molecule has 0 saturated heterocycles. The van der Waals surface area contributed by atoms with Crippen molar-refractivity contribution < 1.29 is 19.0 Å². The summed E-state index contributed by atoms with van der Waals surface area (Å²) in [5, 5.41) is 3.56. The van der Waals surface area contributed by atoms with E-state index >= 15 is 0 Å². The lowest BCUT2D eigenvalue weighted by atomic mass is 10.1. The van der Waals surface area contributed by atoms with Crippen LogP contribution < -0.4 is 19.5 Å². The number of aryl methyl sites for hydroxylation is 2. The lowest BCUT2D eigenvalue weighted by molar-refractivity contribution is -0.121. The van der Waals surface area contributed by atoms with Crippen molar-refractivity contribution in [3.8, 4) is 17.2 Å². The van der Waals surface area contributed by atoms with Gasteiger partial charge in [-0.1, -0.05) is 17.7 Å². The van der Waals surface area contributed by atoms with Gasteiger partial charge >= 0.3 is 0 Å². The van der Waals surface area contributed by atoms with Gasteiger partial charge in [0.1, 0.15) is 12.4 Å². The number of amides is 1. The van der Waals surface area contributed by atoms with Crippen LogP contribution in [0.5, 0.6) is 17.2 Å². The summed E-state index contributed by atoms with van der Waals surface area (Å²) in [6.07, 6.45) is 1.03. The van der Waals surface area contributed by atoms with E-state index < -0.39 is 0 Å². The topological polar surface area (TPSA) is 56.8 Å². The monoisotopic (exact) mass is 377 g/mol. The Kier molecular flexibility index (Phi) is 7.60. The van der Waals surface area contributed by atoms with Gasteiger partial charge in [0.25, 0.3) is 0 Å². The van der Waals surface area contributed by atoms with Gasteiger partial charge in [-0.25, -0.2) is 0 Å². The number of nitrogens with one attached hydrogen (secondary N) is 1. The van der Waals surface area contributed by atoms with Crippen molar-refractivity contribution in [1.29, 1.82) is 0 Å². The van der Waals surface area contributed by atoms with Gasteiger partial charge in [-0.05, 0) is 54.8 Å². The zero-order valence-electron chi connectivity index (χ0n) is 15.3. The van der Waals surface area contributed by atoms with Crippen LogP contribution in [0.3, 0.4) is 0 Å². The van der Waals surface area contributed by atoms with E-state index in [1.807, 2.05) is 37.3 Å². The Bertz CT molecular complexity index is 749. The first-order valence-electron chi connectivity index (χ1n) is 8.40. The molecule has 140 valence electrons. The van der Waals surface area contributed by atoms with Crippen molar-refractivity contribution in [1.82, 2.24) is 5.32 Å². The number of rotatable bonds is 9. The summed E-state index contributed by atoms with van der Waals surface area (Å²) < 4.78 is 16.1. The molecule has 1 amide bonds. The smallest absolute Gasteiger partial charge is 0.220 e. The molecule has 1 N–H and O–H groups in total. The van der Waals surface area contributed by atoms with Crippen LogP contribution in [0.4, 0.5) is 0 Å². The Balaban J connectivity index is 1.71. The second kappa shape index (κ2) is 9.92. The van der Waals surface area contributed by atoms with E-state index in [9.17, 15) is 4.79 Å². The van der Waals surface area contributed by atoms with Gasteiger partial charge in [-0.15, -0.1) is 0 Å². The molecule has 0 spiro atoms. The molecular formula is C20H24ClNO4. The number of hydrogen-bond acceptors (Lipinski definition) is 4. The fourth-order valence-electron chi connectivity index (χ4n) is 2.45. The summed E-state index contributed by atoms with van der Waals surface area (Å²) >= 11 is 5.98. The zero-order chi connectivity index (χ0) is 18.9. The maximum atomic E-state index is 12.0. The predicted octanol–water partition coefficient (Wildman–Crippen LogP) is 3.79. The molecule has 0 fully saturated rings. The Morgan fingerprint density at radius 1 is 1.08 bits per heavy atom. The molecule has 0 aliphatic carbocycles. The molecular weight excluding hydrogens is 354 g/mol. The third kappa shape index (κ3) is 5.85. The number of ether oxygens (including phenoxy) is 3. The maximum absolute atomic E-state index is 12.0. The Hall–Kier alpha value is -2.40. The fraction of sp³-hybridized carbons (Fsp3) is 0.350. The number of hydrogen-bond donors (Lipinski definition) is 1. The Morgan fingerprint density at radius 2 is 1.85 bits per heavy atom. The van der Waals surface area contributed by atoms with E-state index in [0.29, 0.717) is 42.5 Å².